The van der Waals surface area contributed by atoms with Gasteiger partial charge in [0.1, 0.15) is 6.29 Å². The molecule has 0 atom stereocenters. The minimum absolute atomic E-state index is 0.153. The number of hydrogen-bond acceptors (Lipinski definition) is 2. The van der Waals surface area contributed by atoms with Crippen LogP contribution in [0.25, 0.3) is 0 Å². The Labute approximate surface area is 78.3 Å². The Morgan fingerprint density at radius 2 is 2.00 bits per heavy atom. The number of aromatic amines is 1. The van der Waals surface area contributed by atoms with E-state index in [9.17, 15) is 18.0 Å². The maximum atomic E-state index is 12.1. The summed E-state index contributed by atoms with van der Waals surface area (Å²) < 4.78 is 36.4. The SMILES string of the molecule is CC(C)(C=O)c1cc(C(F)(F)F)n[nH]1. The number of aldehydes is 1. The molecule has 0 aliphatic carbocycles. The van der Waals surface area contributed by atoms with Crippen LogP contribution in [0.1, 0.15) is 25.2 Å². The highest BCUT2D eigenvalue weighted by Gasteiger charge is 2.35. The quantitative estimate of drug-likeness (QED) is 0.751. The zero-order valence-electron chi connectivity index (χ0n) is 7.64. The monoisotopic (exact) mass is 206 g/mol. The second kappa shape index (κ2) is 3.11. The van der Waals surface area contributed by atoms with Crippen LogP contribution >= 0.6 is 0 Å². The molecule has 3 nitrogen and oxygen atoms in total. The minimum atomic E-state index is -4.48. The molecule has 0 amide bonds. The highest BCUT2D eigenvalue weighted by atomic mass is 19.4. The first-order valence-corrected chi connectivity index (χ1v) is 3.87. The summed E-state index contributed by atoms with van der Waals surface area (Å²) in [6.07, 6.45) is -3.91. The predicted octanol–water partition coefficient (Wildman–Crippen LogP) is 1.90. The molecule has 0 unspecified atom stereocenters. The Balaban J connectivity index is 3.06. The molecule has 1 N–H and O–H groups in total. The normalized spacial score (nSPS) is 12.9. The lowest BCUT2D eigenvalue weighted by Gasteiger charge is -2.12. The number of H-pyrrole nitrogens is 1. The fourth-order valence-electron chi connectivity index (χ4n) is 0.861. The van der Waals surface area contributed by atoms with Crippen molar-refractivity contribution in [1.29, 1.82) is 0 Å². The van der Waals surface area contributed by atoms with Crippen LogP contribution in [0.4, 0.5) is 13.2 Å². The van der Waals surface area contributed by atoms with Gasteiger partial charge in [0, 0.05) is 5.69 Å². The van der Waals surface area contributed by atoms with E-state index in [1.54, 1.807) is 0 Å². The number of carbonyl (C=O) groups is 1. The maximum Gasteiger partial charge on any atom is 0.435 e. The van der Waals surface area contributed by atoms with Crippen molar-refractivity contribution in [2.75, 3.05) is 0 Å². The molecular formula is C8H9F3N2O. The molecule has 0 spiro atoms. The molecule has 0 saturated heterocycles. The molecule has 0 radical (unpaired) electrons. The van der Waals surface area contributed by atoms with Crippen molar-refractivity contribution in [3.8, 4) is 0 Å². The average molecular weight is 206 g/mol. The van der Waals surface area contributed by atoms with Crippen LogP contribution in [-0.2, 0) is 16.4 Å². The van der Waals surface area contributed by atoms with Gasteiger partial charge in [0.2, 0.25) is 0 Å². The molecule has 0 fully saturated rings. The molecule has 1 aromatic heterocycles. The lowest BCUT2D eigenvalue weighted by molar-refractivity contribution is -0.141. The molecule has 0 aromatic carbocycles. The van der Waals surface area contributed by atoms with Gasteiger partial charge in [-0.3, -0.25) is 5.10 Å². The molecule has 0 aliphatic heterocycles. The van der Waals surface area contributed by atoms with Crippen molar-refractivity contribution >= 4 is 6.29 Å². The van der Waals surface area contributed by atoms with Gasteiger partial charge in [-0.2, -0.15) is 18.3 Å². The van der Waals surface area contributed by atoms with Crippen molar-refractivity contribution in [3.63, 3.8) is 0 Å². The van der Waals surface area contributed by atoms with Crippen molar-refractivity contribution < 1.29 is 18.0 Å². The Morgan fingerprint density at radius 3 is 2.36 bits per heavy atom. The highest BCUT2D eigenvalue weighted by molar-refractivity contribution is 5.65. The number of nitrogens with zero attached hydrogens (tertiary/aromatic N) is 1. The van der Waals surface area contributed by atoms with Gasteiger partial charge >= 0.3 is 6.18 Å². The van der Waals surface area contributed by atoms with Crippen molar-refractivity contribution in [3.05, 3.63) is 17.5 Å². The number of nitrogens with one attached hydrogen (secondary N) is 1. The Kier molecular flexibility index (Phi) is 2.39. The van der Waals surface area contributed by atoms with Crippen LogP contribution in [0.2, 0.25) is 0 Å². The van der Waals surface area contributed by atoms with E-state index in [1.165, 1.54) is 13.8 Å². The summed E-state index contributed by atoms with van der Waals surface area (Å²) in [5, 5.41) is 5.30. The van der Waals surface area contributed by atoms with Crippen LogP contribution in [0.5, 0.6) is 0 Å². The highest BCUT2D eigenvalue weighted by Crippen LogP contribution is 2.30. The van der Waals surface area contributed by atoms with E-state index < -0.39 is 17.3 Å². The number of hydrogen-bond donors (Lipinski definition) is 1. The fraction of sp³-hybridized carbons (Fsp3) is 0.500. The lowest BCUT2D eigenvalue weighted by Crippen LogP contribution is -2.19. The molecule has 1 rings (SSSR count). The summed E-state index contributed by atoms with van der Waals surface area (Å²) in [5.41, 5.74) is -1.83. The molecule has 0 saturated carbocycles. The number of aromatic nitrogens is 2. The van der Waals surface area contributed by atoms with E-state index in [2.05, 4.69) is 10.2 Å². The first kappa shape index (κ1) is 10.7. The van der Waals surface area contributed by atoms with Crippen LogP contribution in [0.3, 0.4) is 0 Å². The molecule has 0 aliphatic rings. The van der Waals surface area contributed by atoms with Crippen molar-refractivity contribution in [1.82, 2.24) is 10.2 Å². The second-order valence-corrected chi connectivity index (χ2v) is 3.50. The Bertz CT molecular complexity index is 341. The van der Waals surface area contributed by atoms with E-state index in [-0.39, 0.29) is 5.69 Å². The standard InChI is InChI=1S/C8H9F3N2O/c1-7(2,4-14)5-3-6(13-12-5)8(9,10)11/h3-4H,1-2H3,(H,12,13). The third-order valence-corrected chi connectivity index (χ3v) is 1.86. The predicted molar refractivity (Wildman–Crippen MR) is 42.7 cm³/mol. The summed E-state index contributed by atoms with van der Waals surface area (Å²) in [7, 11) is 0. The van der Waals surface area contributed by atoms with Gasteiger partial charge in [-0.1, -0.05) is 0 Å². The van der Waals surface area contributed by atoms with Gasteiger partial charge in [0.05, 0.1) is 5.41 Å². The van der Waals surface area contributed by atoms with Crippen LogP contribution < -0.4 is 0 Å². The van der Waals surface area contributed by atoms with Crippen molar-refractivity contribution in [2.24, 2.45) is 0 Å². The van der Waals surface area contributed by atoms with Crippen molar-refractivity contribution in [2.45, 2.75) is 25.4 Å². The number of carbonyl (C=O) groups excluding carboxylic acids is 1. The smallest absolute Gasteiger partial charge is 0.302 e. The van der Waals surface area contributed by atoms with Crippen LogP contribution in [0, 0.1) is 0 Å². The average Bonchev–Trinajstić information content (AvgIpc) is 2.51. The summed E-state index contributed by atoms with van der Waals surface area (Å²) in [6, 6.07) is 0.842. The molecule has 0 bridgehead atoms. The number of rotatable bonds is 2. The van der Waals surface area contributed by atoms with Gasteiger partial charge in [-0.25, -0.2) is 0 Å². The summed E-state index contributed by atoms with van der Waals surface area (Å²) >= 11 is 0. The van der Waals surface area contributed by atoms with Gasteiger partial charge in [-0.15, -0.1) is 0 Å². The third kappa shape index (κ3) is 1.94. The van der Waals surface area contributed by atoms with Gasteiger partial charge in [0.25, 0.3) is 0 Å². The topological polar surface area (TPSA) is 45.8 Å². The Hall–Kier alpha value is -1.33. The van der Waals surface area contributed by atoms with E-state index in [0.717, 1.165) is 6.07 Å². The molecular weight excluding hydrogens is 197 g/mol. The second-order valence-electron chi connectivity index (χ2n) is 3.50. The summed E-state index contributed by atoms with van der Waals surface area (Å²) in [5.74, 6) is 0. The van der Waals surface area contributed by atoms with Gasteiger partial charge in [0.15, 0.2) is 5.69 Å². The van der Waals surface area contributed by atoms with E-state index in [0.29, 0.717) is 6.29 Å². The molecule has 14 heavy (non-hydrogen) atoms. The van der Waals surface area contributed by atoms with Gasteiger partial charge < -0.3 is 4.79 Å². The number of alkyl halides is 3. The van der Waals surface area contributed by atoms with Crippen LogP contribution in [0.15, 0.2) is 6.07 Å². The Morgan fingerprint density at radius 1 is 1.43 bits per heavy atom. The van der Waals surface area contributed by atoms with E-state index >= 15 is 0 Å². The zero-order valence-corrected chi connectivity index (χ0v) is 7.64. The van der Waals surface area contributed by atoms with Gasteiger partial charge in [-0.05, 0) is 19.9 Å². The minimum Gasteiger partial charge on any atom is -0.302 e. The lowest BCUT2D eigenvalue weighted by atomic mass is 9.91. The van der Waals surface area contributed by atoms with Crippen LogP contribution in [-0.4, -0.2) is 16.5 Å². The maximum absolute atomic E-state index is 12.1. The molecule has 6 heteroatoms. The van der Waals surface area contributed by atoms with E-state index in [1.807, 2.05) is 0 Å². The molecule has 1 heterocycles. The molecule has 1 aromatic rings. The summed E-state index contributed by atoms with van der Waals surface area (Å²) in [4.78, 5) is 10.6. The third-order valence-electron chi connectivity index (χ3n) is 1.86. The summed E-state index contributed by atoms with van der Waals surface area (Å²) in [6.45, 7) is 3.02. The zero-order chi connectivity index (χ0) is 11.0. The molecule has 78 valence electrons. The first-order chi connectivity index (χ1) is 6.27. The van der Waals surface area contributed by atoms with E-state index in [4.69, 9.17) is 0 Å². The first-order valence-electron chi connectivity index (χ1n) is 3.87. The fourth-order valence-corrected chi connectivity index (χ4v) is 0.861. The number of halogens is 3. The largest absolute Gasteiger partial charge is 0.435 e.